The SMILES string of the molecule is C=CCNc1nc(C(=O)OCC(=O)NC(c2ccc(OC)cc2)c2ccc(OC)cc2)cs1. The van der Waals surface area contributed by atoms with Crippen molar-refractivity contribution in [3.8, 4) is 11.5 Å². The molecule has 3 rings (SSSR count). The van der Waals surface area contributed by atoms with Crippen LogP contribution in [0, 0.1) is 0 Å². The van der Waals surface area contributed by atoms with Crippen LogP contribution in [0.1, 0.15) is 27.7 Å². The highest BCUT2D eigenvalue weighted by atomic mass is 32.1. The van der Waals surface area contributed by atoms with Crippen LogP contribution in [-0.4, -0.2) is 44.2 Å². The number of nitrogens with zero attached hydrogens (tertiary/aromatic N) is 1. The monoisotopic (exact) mass is 467 g/mol. The second-order valence-corrected chi connectivity index (χ2v) is 7.69. The second kappa shape index (κ2) is 11.7. The molecule has 0 spiro atoms. The number of hydrogen-bond donors (Lipinski definition) is 2. The number of amides is 1. The molecule has 2 N–H and O–H groups in total. The summed E-state index contributed by atoms with van der Waals surface area (Å²) in [6, 6.07) is 14.3. The highest BCUT2D eigenvalue weighted by molar-refractivity contribution is 7.13. The Kier molecular flexibility index (Phi) is 8.43. The van der Waals surface area contributed by atoms with Crippen LogP contribution in [-0.2, 0) is 9.53 Å². The van der Waals surface area contributed by atoms with Crippen molar-refractivity contribution >= 4 is 28.3 Å². The Morgan fingerprint density at radius 1 is 1.03 bits per heavy atom. The number of aromatic nitrogens is 1. The van der Waals surface area contributed by atoms with Crippen molar-refractivity contribution in [2.24, 2.45) is 0 Å². The largest absolute Gasteiger partial charge is 0.497 e. The number of nitrogens with one attached hydrogen (secondary N) is 2. The van der Waals surface area contributed by atoms with Gasteiger partial charge < -0.3 is 24.8 Å². The average Bonchev–Trinajstić information content (AvgIpc) is 3.34. The molecule has 1 aromatic heterocycles. The molecule has 0 saturated carbocycles. The molecule has 0 bridgehead atoms. The van der Waals surface area contributed by atoms with E-state index < -0.39 is 24.5 Å². The van der Waals surface area contributed by atoms with Gasteiger partial charge in [0.25, 0.3) is 5.91 Å². The van der Waals surface area contributed by atoms with Gasteiger partial charge in [-0.3, -0.25) is 4.79 Å². The Morgan fingerprint density at radius 3 is 2.12 bits per heavy atom. The lowest BCUT2D eigenvalue weighted by Crippen LogP contribution is -2.33. The first-order chi connectivity index (χ1) is 16.0. The first-order valence-corrected chi connectivity index (χ1v) is 11.0. The highest BCUT2D eigenvalue weighted by Crippen LogP contribution is 2.26. The van der Waals surface area contributed by atoms with Gasteiger partial charge in [0.2, 0.25) is 0 Å². The van der Waals surface area contributed by atoms with E-state index in [1.54, 1.807) is 25.7 Å². The van der Waals surface area contributed by atoms with Gasteiger partial charge in [0.15, 0.2) is 17.4 Å². The van der Waals surface area contributed by atoms with Gasteiger partial charge >= 0.3 is 5.97 Å². The van der Waals surface area contributed by atoms with Gasteiger partial charge in [0.05, 0.1) is 20.3 Å². The van der Waals surface area contributed by atoms with E-state index >= 15 is 0 Å². The first kappa shape index (κ1) is 23.8. The number of carbonyl (C=O) groups excluding carboxylic acids is 2. The molecule has 0 aliphatic carbocycles. The fraction of sp³-hybridized carbons (Fsp3) is 0.208. The summed E-state index contributed by atoms with van der Waals surface area (Å²) in [6.07, 6.45) is 1.69. The Hall–Kier alpha value is -3.85. The molecule has 3 aromatic rings. The van der Waals surface area contributed by atoms with E-state index in [1.165, 1.54) is 11.3 Å². The minimum absolute atomic E-state index is 0.140. The molecule has 0 atom stereocenters. The fourth-order valence-corrected chi connectivity index (χ4v) is 3.66. The molecule has 0 fully saturated rings. The van der Waals surface area contributed by atoms with Crippen molar-refractivity contribution in [2.45, 2.75) is 6.04 Å². The van der Waals surface area contributed by atoms with Crippen LogP contribution < -0.4 is 20.1 Å². The fourth-order valence-electron chi connectivity index (χ4n) is 2.97. The zero-order chi connectivity index (χ0) is 23.6. The minimum Gasteiger partial charge on any atom is -0.497 e. The summed E-state index contributed by atoms with van der Waals surface area (Å²) >= 11 is 1.27. The van der Waals surface area contributed by atoms with Crippen molar-refractivity contribution < 1.29 is 23.8 Å². The van der Waals surface area contributed by atoms with E-state index in [-0.39, 0.29) is 5.69 Å². The maximum Gasteiger partial charge on any atom is 0.358 e. The van der Waals surface area contributed by atoms with Gasteiger partial charge in [-0.1, -0.05) is 30.3 Å². The third kappa shape index (κ3) is 6.56. The van der Waals surface area contributed by atoms with Crippen LogP contribution in [0.3, 0.4) is 0 Å². The van der Waals surface area contributed by atoms with Gasteiger partial charge in [0.1, 0.15) is 11.5 Å². The van der Waals surface area contributed by atoms with E-state index in [2.05, 4.69) is 22.2 Å². The molecule has 2 aromatic carbocycles. The number of esters is 1. The highest BCUT2D eigenvalue weighted by Gasteiger charge is 2.19. The standard InChI is InChI=1S/C24H25N3O5S/c1-4-13-25-24-26-20(15-33-24)23(29)32-14-21(28)27-22(16-5-9-18(30-2)10-6-16)17-7-11-19(31-3)12-8-17/h4-12,15,22H,1,13-14H2,2-3H3,(H,25,26)(H,27,28). The van der Waals surface area contributed by atoms with Crippen molar-refractivity contribution in [2.75, 3.05) is 32.7 Å². The molecule has 0 aliphatic heterocycles. The molecule has 9 heteroatoms. The van der Waals surface area contributed by atoms with Crippen LogP contribution in [0.5, 0.6) is 11.5 Å². The van der Waals surface area contributed by atoms with Gasteiger partial charge in [-0.25, -0.2) is 9.78 Å². The quantitative estimate of drug-likeness (QED) is 0.327. The topological polar surface area (TPSA) is 98.8 Å². The average molecular weight is 468 g/mol. The van der Waals surface area contributed by atoms with Crippen LogP contribution in [0.15, 0.2) is 66.6 Å². The third-order valence-corrected chi connectivity index (χ3v) is 5.45. The summed E-state index contributed by atoms with van der Waals surface area (Å²) in [7, 11) is 3.18. The molecule has 0 radical (unpaired) electrons. The molecular formula is C24H25N3O5S. The Morgan fingerprint density at radius 2 is 1.61 bits per heavy atom. The van der Waals surface area contributed by atoms with Gasteiger partial charge in [-0.2, -0.15) is 0 Å². The van der Waals surface area contributed by atoms with Crippen LogP contribution in [0.25, 0.3) is 0 Å². The summed E-state index contributed by atoms with van der Waals surface area (Å²) in [5.41, 5.74) is 1.83. The third-order valence-electron chi connectivity index (χ3n) is 4.65. The molecule has 0 saturated heterocycles. The number of carbonyl (C=O) groups is 2. The number of hydrogen-bond acceptors (Lipinski definition) is 8. The maximum atomic E-state index is 12.6. The lowest BCUT2D eigenvalue weighted by atomic mass is 9.98. The predicted molar refractivity (Wildman–Crippen MR) is 127 cm³/mol. The van der Waals surface area contributed by atoms with Crippen LogP contribution in [0.2, 0.25) is 0 Å². The summed E-state index contributed by atoms with van der Waals surface area (Å²) in [5.74, 6) is 0.300. The molecular weight excluding hydrogens is 442 g/mol. The summed E-state index contributed by atoms with van der Waals surface area (Å²) in [5, 5.41) is 8.07. The number of anilines is 1. The molecule has 33 heavy (non-hydrogen) atoms. The molecule has 1 amide bonds. The lowest BCUT2D eigenvalue weighted by Gasteiger charge is -2.20. The van der Waals surface area contributed by atoms with Gasteiger partial charge in [-0.05, 0) is 35.4 Å². The van der Waals surface area contributed by atoms with Crippen molar-refractivity contribution in [1.29, 1.82) is 0 Å². The number of rotatable bonds is 11. The lowest BCUT2D eigenvalue weighted by molar-refractivity contribution is -0.124. The van der Waals surface area contributed by atoms with Gasteiger partial charge in [-0.15, -0.1) is 17.9 Å². The van der Waals surface area contributed by atoms with E-state index in [4.69, 9.17) is 14.2 Å². The summed E-state index contributed by atoms with van der Waals surface area (Å²) in [4.78, 5) is 29.1. The first-order valence-electron chi connectivity index (χ1n) is 10.1. The number of thiazole rings is 1. The van der Waals surface area contributed by atoms with Crippen molar-refractivity contribution in [3.05, 3.63) is 83.4 Å². The molecule has 1 heterocycles. The summed E-state index contributed by atoms with van der Waals surface area (Å²) in [6.45, 7) is 3.71. The molecule has 8 nitrogen and oxygen atoms in total. The van der Waals surface area contributed by atoms with E-state index in [9.17, 15) is 9.59 Å². The van der Waals surface area contributed by atoms with E-state index in [1.807, 2.05) is 48.5 Å². The Bertz CT molecular complexity index is 1030. The molecule has 0 aliphatic rings. The van der Waals surface area contributed by atoms with Crippen molar-refractivity contribution in [1.82, 2.24) is 10.3 Å². The predicted octanol–water partition coefficient (Wildman–Crippen LogP) is 3.82. The zero-order valence-electron chi connectivity index (χ0n) is 18.4. The Labute approximate surface area is 196 Å². The normalized spacial score (nSPS) is 10.4. The zero-order valence-corrected chi connectivity index (χ0v) is 19.2. The Balaban J connectivity index is 1.67. The second-order valence-electron chi connectivity index (χ2n) is 6.83. The molecule has 0 unspecified atom stereocenters. The van der Waals surface area contributed by atoms with Gasteiger partial charge in [0, 0.05) is 11.9 Å². The van der Waals surface area contributed by atoms with E-state index in [0.717, 1.165) is 11.1 Å². The number of ether oxygens (including phenoxy) is 3. The number of benzene rings is 2. The van der Waals surface area contributed by atoms with E-state index in [0.29, 0.717) is 23.2 Å². The molecule has 172 valence electrons. The number of methoxy groups -OCH3 is 2. The summed E-state index contributed by atoms with van der Waals surface area (Å²) < 4.78 is 15.6. The maximum absolute atomic E-state index is 12.6. The van der Waals surface area contributed by atoms with Crippen molar-refractivity contribution in [3.63, 3.8) is 0 Å². The van der Waals surface area contributed by atoms with Crippen LogP contribution in [0.4, 0.5) is 5.13 Å². The van der Waals surface area contributed by atoms with Crippen LogP contribution >= 0.6 is 11.3 Å². The smallest absolute Gasteiger partial charge is 0.358 e. The minimum atomic E-state index is -0.668.